The minimum Gasteiger partial charge on any atom is -0.365 e. The molecule has 2 amide bonds. The second kappa shape index (κ2) is 8.02. The summed E-state index contributed by atoms with van der Waals surface area (Å²) in [6, 6.07) is 6.53. The Labute approximate surface area is 168 Å². The number of likely N-dealkylation sites (N-methyl/N-ethyl adjacent to an activating group) is 1. The quantitative estimate of drug-likeness (QED) is 0.631. The molecule has 0 spiro atoms. The highest BCUT2D eigenvalue weighted by atomic mass is 32.2. The molecule has 28 heavy (non-hydrogen) atoms. The number of nitrogens with two attached hydrogens (primary N) is 1. The predicted octanol–water partition coefficient (Wildman–Crippen LogP) is 0.529. The van der Waals surface area contributed by atoms with Crippen molar-refractivity contribution >= 4 is 38.0 Å². The van der Waals surface area contributed by atoms with Crippen molar-refractivity contribution in [1.29, 1.82) is 0 Å². The van der Waals surface area contributed by atoms with Gasteiger partial charge in [0, 0.05) is 12.8 Å². The van der Waals surface area contributed by atoms with Crippen molar-refractivity contribution in [1.82, 2.24) is 0 Å². The Bertz CT molecular complexity index is 1010. The van der Waals surface area contributed by atoms with E-state index in [1.54, 1.807) is 24.3 Å². The molecule has 4 N–H and O–H groups in total. The van der Waals surface area contributed by atoms with Crippen LogP contribution < -0.4 is 16.0 Å². The van der Waals surface area contributed by atoms with Crippen molar-refractivity contribution < 1.29 is 22.9 Å². The molecule has 2 aromatic rings. The van der Waals surface area contributed by atoms with E-state index in [9.17, 15) is 18.0 Å². The molecule has 9 heteroatoms. The van der Waals surface area contributed by atoms with Crippen LogP contribution in [-0.2, 0) is 27.6 Å². The van der Waals surface area contributed by atoms with E-state index in [-0.39, 0.29) is 17.1 Å². The molecule has 1 aliphatic rings. The van der Waals surface area contributed by atoms with Crippen molar-refractivity contribution in [3.63, 3.8) is 0 Å². The number of quaternary nitrogens is 1. The summed E-state index contributed by atoms with van der Waals surface area (Å²) >= 11 is 1.35. The Hall–Kier alpha value is -2.23. The molecule has 0 radical (unpaired) electrons. The van der Waals surface area contributed by atoms with Crippen molar-refractivity contribution in [2.24, 2.45) is 5.73 Å². The molecular formula is C19H24N3O4S2+. The number of sulfone groups is 1. The monoisotopic (exact) mass is 422 g/mol. The Morgan fingerprint density at radius 1 is 1.25 bits per heavy atom. The molecule has 1 unspecified atom stereocenters. The van der Waals surface area contributed by atoms with Crippen molar-refractivity contribution in [2.75, 3.05) is 24.7 Å². The zero-order valence-electron chi connectivity index (χ0n) is 15.9. The second-order valence-electron chi connectivity index (χ2n) is 7.14. The van der Waals surface area contributed by atoms with Gasteiger partial charge in [0.15, 0.2) is 9.84 Å². The zero-order valence-corrected chi connectivity index (χ0v) is 17.5. The van der Waals surface area contributed by atoms with Crippen molar-refractivity contribution in [3.8, 4) is 0 Å². The van der Waals surface area contributed by atoms with E-state index in [0.717, 1.165) is 35.5 Å². The molecule has 1 atom stereocenters. The molecule has 1 aliphatic heterocycles. The molecule has 0 saturated heterocycles. The number of primary amides is 1. The second-order valence-corrected chi connectivity index (χ2v) is 10.4. The Morgan fingerprint density at radius 2 is 1.93 bits per heavy atom. The normalized spacial score (nSPS) is 16.4. The van der Waals surface area contributed by atoms with E-state index in [2.05, 4.69) is 12.4 Å². The minimum atomic E-state index is -3.55. The van der Waals surface area contributed by atoms with Gasteiger partial charge in [-0.05, 0) is 24.6 Å². The number of carbonyl (C=O) groups is 2. The summed E-state index contributed by atoms with van der Waals surface area (Å²) in [7, 11) is -1.48. The van der Waals surface area contributed by atoms with Crippen molar-refractivity contribution in [3.05, 3.63) is 45.8 Å². The SMILES string of the molecule is Cc1ccc(S(=O)(=O)CCC(=O)Nc2sc3c(c2C(N)=O)CC[NH+](C)C3)cc1. The fraction of sp³-hybridized carbons (Fsp3) is 0.368. The number of anilines is 1. The van der Waals surface area contributed by atoms with Crippen LogP contribution in [-0.4, -0.2) is 39.6 Å². The first-order chi connectivity index (χ1) is 13.2. The van der Waals surface area contributed by atoms with Crippen molar-refractivity contribution in [2.45, 2.75) is 31.2 Å². The summed E-state index contributed by atoms with van der Waals surface area (Å²) < 4.78 is 24.8. The number of thiophene rings is 1. The van der Waals surface area contributed by atoms with Crippen LogP contribution >= 0.6 is 11.3 Å². The summed E-state index contributed by atoms with van der Waals surface area (Å²) in [5, 5.41) is 3.12. The number of hydrogen-bond acceptors (Lipinski definition) is 5. The van der Waals surface area contributed by atoms with E-state index in [0.29, 0.717) is 10.6 Å². The lowest BCUT2D eigenvalue weighted by Gasteiger charge is -2.19. The van der Waals surface area contributed by atoms with Gasteiger partial charge < -0.3 is 16.0 Å². The van der Waals surface area contributed by atoms with Crippen LogP contribution in [0.3, 0.4) is 0 Å². The van der Waals surface area contributed by atoms with Gasteiger partial charge in [-0.1, -0.05) is 17.7 Å². The van der Waals surface area contributed by atoms with Gasteiger partial charge in [0.1, 0.15) is 11.5 Å². The lowest BCUT2D eigenvalue weighted by Crippen LogP contribution is -3.08. The number of nitrogens with one attached hydrogen (secondary N) is 2. The van der Waals surface area contributed by atoms with E-state index in [1.807, 2.05) is 6.92 Å². The maximum atomic E-state index is 12.4. The third-order valence-corrected chi connectivity index (χ3v) is 7.71. The van der Waals surface area contributed by atoms with Gasteiger partial charge in [0.2, 0.25) is 5.91 Å². The average Bonchev–Trinajstić information content (AvgIpc) is 2.97. The summed E-state index contributed by atoms with van der Waals surface area (Å²) in [5.41, 5.74) is 7.77. The van der Waals surface area contributed by atoms with Crippen LogP contribution in [0.1, 0.15) is 32.8 Å². The smallest absolute Gasteiger partial charge is 0.252 e. The van der Waals surface area contributed by atoms with Crippen LogP contribution in [0.15, 0.2) is 29.2 Å². The van der Waals surface area contributed by atoms with Gasteiger partial charge in [-0.15, -0.1) is 11.3 Å². The van der Waals surface area contributed by atoms with E-state index in [1.165, 1.54) is 16.2 Å². The first-order valence-corrected chi connectivity index (χ1v) is 11.5. The molecule has 150 valence electrons. The van der Waals surface area contributed by atoms with E-state index in [4.69, 9.17) is 5.73 Å². The summed E-state index contributed by atoms with van der Waals surface area (Å²) in [5.74, 6) is -1.32. The molecule has 0 aliphatic carbocycles. The highest BCUT2D eigenvalue weighted by Crippen LogP contribution is 2.34. The topological polar surface area (TPSA) is 111 Å². The number of fused-ring (bicyclic) bond motifs is 1. The molecule has 1 aromatic heterocycles. The molecule has 1 aromatic carbocycles. The zero-order chi connectivity index (χ0) is 20.5. The Kier molecular flexibility index (Phi) is 5.87. The third-order valence-electron chi connectivity index (χ3n) is 4.83. The fourth-order valence-corrected chi connectivity index (χ4v) is 5.87. The lowest BCUT2D eigenvalue weighted by atomic mass is 10.0. The highest BCUT2D eigenvalue weighted by molar-refractivity contribution is 7.91. The molecule has 0 fully saturated rings. The van der Waals surface area contributed by atoms with Gasteiger partial charge in [-0.3, -0.25) is 9.59 Å². The van der Waals surface area contributed by atoms with Crippen LogP contribution in [0, 0.1) is 6.92 Å². The Balaban J connectivity index is 1.71. The highest BCUT2D eigenvalue weighted by Gasteiger charge is 2.28. The first-order valence-electron chi connectivity index (χ1n) is 9.02. The summed E-state index contributed by atoms with van der Waals surface area (Å²) in [6.07, 6.45) is 0.537. The van der Waals surface area contributed by atoms with Crippen LogP contribution in [0.4, 0.5) is 5.00 Å². The van der Waals surface area contributed by atoms with E-state index >= 15 is 0 Å². The summed E-state index contributed by atoms with van der Waals surface area (Å²) in [6.45, 7) is 3.55. The largest absolute Gasteiger partial charge is 0.365 e. The predicted molar refractivity (Wildman–Crippen MR) is 108 cm³/mol. The maximum Gasteiger partial charge on any atom is 0.252 e. The number of benzene rings is 1. The average molecular weight is 423 g/mol. The lowest BCUT2D eigenvalue weighted by molar-refractivity contribution is -0.895. The van der Waals surface area contributed by atoms with Crippen LogP contribution in [0.2, 0.25) is 0 Å². The third kappa shape index (κ3) is 4.43. The van der Waals surface area contributed by atoms with Gasteiger partial charge in [0.05, 0.1) is 34.7 Å². The number of amides is 2. The van der Waals surface area contributed by atoms with Crippen LogP contribution in [0.25, 0.3) is 0 Å². The molecule has 0 bridgehead atoms. The standard InChI is InChI=1S/C19H23N3O4S2/c1-12-3-5-13(6-4-12)28(25,26)10-8-16(23)21-19-17(18(20)24)14-7-9-22(2)11-15(14)27-19/h3-6H,7-11H2,1-2H3,(H2,20,24)(H,21,23)/p+1. The fourth-order valence-electron chi connectivity index (χ4n) is 3.25. The minimum absolute atomic E-state index is 0.192. The molecule has 7 nitrogen and oxygen atoms in total. The number of carbonyl (C=O) groups excluding carboxylic acids is 2. The summed E-state index contributed by atoms with van der Waals surface area (Å²) in [4.78, 5) is 26.9. The molecule has 2 heterocycles. The molecular weight excluding hydrogens is 398 g/mol. The number of rotatable bonds is 6. The Morgan fingerprint density at radius 3 is 2.57 bits per heavy atom. The molecule has 3 rings (SSSR count). The van der Waals surface area contributed by atoms with Gasteiger partial charge in [-0.2, -0.15) is 0 Å². The first kappa shape index (κ1) is 20.5. The van der Waals surface area contributed by atoms with Gasteiger partial charge in [-0.25, -0.2) is 8.42 Å². The van der Waals surface area contributed by atoms with Gasteiger partial charge >= 0.3 is 0 Å². The van der Waals surface area contributed by atoms with Gasteiger partial charge in [0.25, 0.3) is 5.91 Å². The number of aryl methyl sites for hydroxylation is 1. The maximum absolute atomic E-state index is 12.4. The number of hydrogen-bond donors (Lipinski definition) is 3. The van der Waals surface area contributed by atoms with Crippen LogP contribution in [0.5, 0.6) is 0 Å². The van der Waals surface area contributed by atoms with E-state index < -0.39 is 21.7 Å². The molecule has 0 saturated carbocycles.